The molecule has 0 saturated carbocycles. The Bertz CT molecular complexity index is 4350. The second kappa shape index (κ2) is 39.2. The lowest BCUT2D eigenvalue weighted by Gasteiger charge is -2.42. The molecule has 0 spiro atoms. The Morgan fingerprint density at radius 2 is 0.982 bits per heavy atom. The summed E-state index contributed by atoms with van der Waals surface area (Å²) in [4.78, 5) is 88.2. The van der Waals surface area contributed by atoms with Crippen molar-refractivity contribution >= 4 is 115 Å². The largest absolute Gasteiger partial charge is 0.507 e. The lowest BCUT2D eigenvalue weighted by molar-refractivity contribution is -0.199. The molecule has 0 aliphatic carbocycles. The first kappa shape index (κ1) is 82.5. The number of anilines is 4. The normalized spacial score (nSPS) is 21.7. The van der Waals surface area contributed by atoms with E-state index in [9.17, 15) is 39.0 Å². The highest BCUT2D eigenvalue weighted by molar-refractivity contribution is 6.28. The molecule has 25 nitrogen and oxygen atoms in total. The van der Waals surface area contributed by atoms with Crippen LogP contribution in [0.25, 0.3) is 21.5 Å². The molecule has 6 aromatic carbocycles. The SMILES string of the molecule is C=CCOC(=O)N1c2cc(OCCCCCC(=O)N3C[C@@H](CCl)c4c3cc(O)c3ccccc43)c(OC)cc2C(=O)N2CCCC[C@H]2C1OC1CCCCO1.C=CCOC(=O)N1c2cc(OCCCCCC(=O)O)c(OC)cc2C(=O)N2CCCC[C@H]2C1OC1CCCCO1.Oc1cc2c(c3ccccc13)[C@H](CCl)CN2Cl. The summed E-state index contributed by atoms with van der Waals surface area (Å²) >= 11 is 18.5. The number of rotatable bonds is 26. The van der Waals surface area contributed by atoms with E-state index in [2.05, 4.69) is 13.2 Å². The van der Waals surface area contributed by atoms with Gasteiger partial charge in [0.1, 0.15) is 24.7 Å². The zero-order valence-electron chi connectivity index (χ0n) is 63.6. The van der Waals surface area contributed by atoms with Crippen LogP contribution in [0.5, 0.6) is 34.5 Å². The number of methoxy groups -OCH3 is 2. The van der Waals surface area contributed by atoms with Gasteiger partial charge in [0.05, 0.1) is 73.4 Å². The number of fused-ring (bicyclic) bond motifs is 10. The monoisotopic (exact) mass is 1600 g/mol. The quantitative estimate of drug-likeness (QED) is 0.0197. The van der Waals surface area contributed by atoms with E-state index in [0.717, 1.165) is 95.4 Å². The van der Waals surface area contributed by atoms with E-state index < -0.39 is 49.2 Å². The Kier molecular flexibility index (Phi) is 28.9. The Labute approximate surface area is 668 Å². The number of ether oxygens (including phenoxy) is 10. The van der Waals surface area contributed by atoms with Crippen LogP contribution in [0.1, 0.15) is 172 Å². The Morgan fingerprint density at radius 1 is 0.536 bits per heavy atom. The average Bonchev–Trinajstić information content (AvgIpc) is 1.58. The fourth-order valence-corrected chi connectivity index (χ4v) is 17.1. The minimum absolute atomic E-state index is 0.00447. The number of carbonyl (C=O) groups excluding carboxylic acids is 5. The minimum atomic E-state index is -0.852. The number of aliphatic carboxylic acids is 1. The van der Waals surface area contributed by atoms with Crippen LogP contribution in [0.2, 0.25) is 0 Å². The Balaban J connectivity index is 0.000000177. The van der Waals surface area contributed by atoms with E-state index in [0.29, 0.717) is 180 Å². The van der Waals surface area contributed by atoms with Crippen molar-refractivity contribution in [3.63, 3.8) is 0 Å². The van der Waals surface area contributed by atoms with Crippen LogP contribution in [0.3, 0.4) is 0 Å². The fraction of sp³-hybridized carbons (Fsp3) is 0.500. The molecule has 112 heavy (non-hydrogen) atoms. The number of alkyl halides is 2. The number of carboxylic acids is 1. The zero-order chi connectivity index (χ0) is 79.0. The van der Waals surface area contributed by atoms with Crippen molar-refractivity contribution in [3.05, 3.63) is 132 Å². The number of hydrogen-bond donors (Lipinski definition) is 3. The van der Waals surface area contributed by atoms with E-state index in [-0.39, 0.29) is 66.7 Å². The van der Waals surface area contributed by atoms with Gasteiger partial charge in [0.15, 0.2) is 48.0 Å². The number of phenols is 2. The molecule has 602 valence electrons. The molecule has 0 bridgehead atoms. The molecule has 28 heteroatoms. The fourth-order valence-electron chi connectivity index (χ4n) is 16.3. The maximum atomic E-state index is 14.2. The van der Waals surface area contributed by atoms with E-state index in [4.69, 9.17) is 87.5 Å². The van der Waals surface area contributed by atoms with Gasteiger partial charge in [0, 0.05) is 123 Å². The Hall–Kier alpha value is -8.95. The molecule has 14 rings (SSSR count). The van der Waals surface area contributed by atoms with Crippen LogP contribution in [-0.2, 0) is 38.0 Å². The van der Waals surface area contributed by atoms with E-state index >= 15 is 0 Å². The first-order valence-corrected chi connectivity index (χ1v) is 40.5. The second-order valence-corrected chi connectivity index (χ2v) is 30.0. The maximum absolute atomic E-state index is 14.2. The van der Waals surface area contributed by atoms with Gasteiger partial charge in [0.2, 0.25) is 5.91 Å². The van der Waals surface area contributed by atoms with Gasteiger partial charge in [-0.2, -0.15) is 0 Å². The third-order valence-corrected chi connectivity index (χ3v) is 22.8. The molecule has 4 unspecified atom stereocenters. The highest BCUT2D eigenvalue weighted by atomic mass is 35.5. The van der Waals surface area contributed by atoms with Crippen LogP contribution >= 0.6 is 35.0 Å². The van der Waals surface area contributed by atoms with Gasteiger partial charge in [-0.25, -0.2) is 19.4 Å². The molecule has 4 saturated heterocycles. The third-order valence-electron chi connectivity index (χ3n) is 21.7. The molecule has 0 radical (unpaired) electrons. The predicted molar refractivity (Wildman–Crippen MR) is 428 cm³/mol. The summed E-state index contributed by atoms with van der Waals surface area (Å²) in [6.07, 6.45) is 13.2. The molecule has 6 aromatic rings. The Morgan fingerprint density at radius 3 is 1.43 bits per heavy atom. The van der Waals surface area contributed by atoms with Crippen molar-refractivity contribution in [1.29, 1.82) is 0 Å². The minimum Gasteiger partial charge on any atom is -0.507 e. The average molecular weight is 1610 g/mol. The highest BCUT2D eigenvalue weighted by Crippen LogP contribution is 2.49. The molecule has 8 heterocycles. The van der Waals surface area contributed by atoms with Crippen LogP contribution in [-0.4, -0.2) is 190 Å². The first-order valence-electron chi connectivity index (χ1n) is 39.1. The lowest BCUT2D eigenvalue weighted by atomic mass is 9.95. The van der Waals surface area contributed by atoms with Gasteiger partial charge in [-0.3, -0.25) is 23.6 Å². The lowest BCUT2D eigenvalue weighted by Crippen LogP contribution is -2.57. The van der Waals surface area contributed by atoms with Crippen molar-refractivity contribution in [3.8, 4) is 34.5 Å². The van der Waals surface area contributed by atoms with E-state index in [1.54, 1.807) is 55.5 Å². The standard InChI is InChI=1S/C42H50ClN3O9.C29H40N2O9.C13H11Cl2NO/c1-3-19-54-42(50)46-32-24-36(35(51-2)22-30(32)40(49)44-18-10-8-15-31(44)41(46)55-38-17-9-12-21-53-38)52-20-11-4-5-16-37(48)45-26-27(25-43)39-29-14-7-6-13-28(29)34(47)23-33(39)45;1-3-15-39-29(35)31-22-19-24(37-16-9-4-5-12-25(32)33)23(36-2)18-20(22)27(34)30-14-8-6-11-21(30)28(31)40-26-13-7-10-17-38-26;14-6-8-7-16(15)11-5-12(17)9-3-1-2-4-10(9)13(8)11/h3,6-7,13-14,22-24,27,31,38,41,47H,1,4-5,8-12,15-21,25-26H2,2H3;3,18-19,21,26,28H,1,4-17H2,2H3,(H,32,33);1-5,8,17H,6-7H2/t27-,31+,38?,41?;21-,26?,28?;8-/m101/s1. The second-order valence-electron chi connectivity index (χ2n) is 29.0. The number of benzene rings is 6. The van der Waals surface area contributed by atoms with Crippen LogP contribution < -0.4 is 38.1 Å². The summed E-state index contributed by atoms with van der Waals surface area (Å²) in [6, 6.07) is 24.6. The smallest absolute Gasteiger partial charge is 0.416 e. The van der Waals surface area contributed by atoms with Crippen LogP contribution in [0, 0.1) is 0 Å². The van der Waals surface area contributed by atoms with Crippen molar-refractivity contribution in [2.45, 2.75) is 177 Å². The molecule has 8 aliphatic heterocycles. The van der Waals surface area contributed by atoms with Crippen molar-refractivity contribution < 1.29 is 91.5 Å². The summed E-state index contributed by atoms with van der Waals surface area (Å²) in [5.41, 5.74) is 4.96. The molecule has 5 amide bonds. The number of amides is 5. The number of aromatic hydroxyl groups is 2. The molecular formula is C84H101Cl3N6O19. The van der Waals surface area contributed by atoms with Gasteiger partial charge < -0.3 is 77.4 Å². The number of piperidine rings is 2. The number of nitrogens with zero attached hydrogens (tertiary/aromatic N) is 6. The van der Waals surface area contributed by atoms with Gasteiger partial charge in [-0.1, -0.05) is 73.8 Å². The molecular weight excluding hydrogens is 1500 g/mol. The zero-order valence-corrected chi connectivity index (χ0v) is 65.9. The van der Waals surface area contributed by atoms with Crippen LogP contribution in [0.4, 0.5) is 32.3 Å². The number of hydrogen-bond acceptors (Lipinski definition) is 19. The van der Waals surface area contributed by atoms with Crippen LogP contribution in [0.15, 0.2) is 110 Å². The van der Waals surface area contributed by atoms with Gasteiger partial charge in [-0.15, -0.1) is 23.2 Å². The number of phenolic OH excluding ortho intramolecular Hbond substituents is 2. The summed E-state index contributed by atoms with van der Waals surface area (Å²) in [5, 5.41) is 33.2. The number of unbranched alkanes of at least 4 members (excludes halogenated alkanes) is 4. The molecule has 8 aliphatic rings. The van der Waals surface area contributed by atoms with Gasteiger partial charge in [-0.05, 0) is 150 Å². The van der Waals surface area contributed by atoms with Crippen molar-refractivity contribution in [2.75, 3.05) is 111 Å². The van der Waals surface area contributed by atoms with Gasteiger partial charge >= 0.3 is 18.2 Å². The van der Waals surface area contributed by atoms with Gasteiger partial charge in [0.25, 0.3) is 11.8 Å². The molecule has 0 aromatic heterocycles. The maximum Gasteiger partial charge on any atom is 0.416 e. The summed E-state index contributed by atoms with van der Waals surface area (Å²) in [6.45, 7) is 11.3. The summed E-state index contributed by atoms with van der Waals surface area (Å²) < 4.78 is 61.3. The number of carboxylic acid groups (broad SMARTS) is 1. The number of halogens is 3. The third kappa shape index (κ3) is 18.6. The van der Waals surface area contributed by atoms with Crippen molar-refractivity contribution in [2.24, 2.45) is 0 Å². The number of carbonyl (C=O) groups is 6. The highest BCUT2D eigenvalue weighted by Gasteiger charge is 2.49. The van der Waals surface area contributed by atoms with Crippen molar-refractivity contribution in [1.82, 2.24) is 9.80 Å². The van der Waals surface area contributed by atoms with E-state index in [1.165, 1.54) is 36.2 Å². The molecule has 3 N–H and O–H groups in total. The molecule has 4 fully saturated rings. The van der Waals surface area contributed by atoms with E-state index in [1.807, 2.05) is 48.5 Å². The summed E-state index contributed by atoms with van der Waals surface area (Å²) in [5.74, 6) is 1.70. The predicted octanol–water partition coefficient (Wildman–Crippen LogP) is 16.4. The summed E-state index contributed by atoms with van der Waals surface area (Å²) in [7, 11) is 3.01. The first-order chi connectivity index (χ1) is 54.5. The molecule has 8 atom stereocenters. The topological polar surface area (TPSA) is 275 Å².